The van der Waals surface area contributed by atoms with Crippen LogP contribution in [0.25, 0.3) is 0 Å². The van der Waals surface area contributed by atoms with Gasteiger partial charge >= 0.3 is 6.03 Å². The normalized spacial score (nSPS) is 13.1. The summed E-state index contributed by atoms with van der Waals surface area (Å²) in [4.78, 5) is 11.5. The first kappa shape index (κ1) is 12.3. The number of nitrogens with one attached hydrogen (secondary N) is 2. The van der Waals surface area contributed by atoms with Crippen molar-refractivity contribution in [3.8, 4) is 11.5 Å². The zero-order valence-electron chi connectivity index (χ0n) is 10.4. The molecule has 0 bridgehead atoms. The molecule has 1 aliphatic rings. The molecule has 2 rings (SSSR count). The van der Waals surface area contributed by atoms with Crippen molar-refractivity contribution >= 4 is 11.7 Å². The highest BCUT2D eigenvalue weighted by atomic mass is 16.7. The van der Waals surface area contributed by atoms with Gasteiger partial charge < -0.3 is 20.1 Å². The van der Waals surface area contributed by atoms with E-state index in [1.165, 1.54) is 0 Å². The molecule has 1 heterocycles. The number of ether oxygens (including phenoxy) is 2. The molecular weight excluding hydrogens is 232 g/mol. The Morgan fingerprint density at radius 2 is 2.11 bits per heavy atom. The lowest BCUT2D eigenvalue weighted by Gasteiger charge is -2.05. The summed E-state index contributed by atoms with van der Waals surface area (Å²) in [7, 11) is 0. The van der Waals surface area contributed by atoms with Crippen LogP contribution in [0.2, 0.25) is 0 Å². The van der Waals surface area contributed by atoms with Gasteiger partial charge in [-0.05, 0) is 18.1 Å². The number of anilines is 1. The van der Waals surface area contributed by atoms with E-state index in [4.69, 9.17) is 9.47 Å². The Morgan fingerprint density at radius 1 is 1.33 bits per heavy atom. The number of urea groups is 1. The first-order valence-corrected chi connectivity index (χ1v) is 5.79. The molecule has 0 aromatic heterocycles. The molecule has 18 heavy (non-hydrogen) atoms. The lowest BCUT2D eigenvalue weighted by atomic mass is 10.2. The molecule has 1 aromatic carbocycles. The molecule has 0 fully saturated rings. The Labute approximate surface area is 106 Å². The number of carbonyl (C=O) groups excluding carboxylic acids is 1. The predicted octanol–water partition coefficient (Wildman–Crippen LogP) is 2.71. The lowest BCUT2D eigenvalue weighted by molar-refractivity contribution is 0.174. The number of amides is 2. The van der Waals surface area contributed by atoms with E-state index in [1.807, 2.05) is 19.9 Å². The fourth-order valence-corrected chi connectivity index (χ4v) is 1.46. The first-order valence-electron chi connectivity index (χ1n) is 5.79. The largest absolute Gasteiger partial charge is 0.454 e. The second-order valence-corrected chi connectivity index (χ2v) is 4.27. The third kappa shape index (κ3) is 3.16. The van der Waals surface area contributed by atoms with Crippen molar-refractivity contribution in [3.05, 3.63) is 30.5 Å². The van der Waals surface area contributed by atoms with Crippen LogP contribution < -0.4 is 20.1 Å². The number of allylic oxidation sites excluding steroid dienone is 1. The van der Waals surface area contributed by atoms with Gasteiger partial charge in [0, 0.05) is 18.0 Å². The molecular formula is C13H16N2O3. The Bertz CT molecular complexity index is 469. The zero-order valence-corrected chi connectivity index (χ0v) is 10.4. The Balaban J connectivity index is 1.91. The summed E-state index contributed by atoms with van der Waals surface area (Å²) >= 11 is 0. The van der Waals surface area contributed by atoms with Crippen LogP contribution in [0.15, 0.2) is 30.5 Å². The van der Waals surface area contributed by atoms with Gasteiger partial charge in [0.15, 0.2) is 11.5 Å². The molecule has 0 unspecified atom stereocenters. The highest BCUT2D eigenvalue weighted by Gasteiger charge is 2.13. The van der Waals surface area contributed by atoms with Gasteiger partial charge in [-0.1, -0.05) is 19.9 Å². The summed E-state index contributed by atoms with van der Waals surface area (Å²) in [6, 6.07) is 4.97. The van der Waals surface area contributed by atoms with Crippen molar-refractivity contribution in [3.63, 3.8) is 0 Å². The van der Waals surface area contributed by atoms with Crippen molar-refractivity contribution in [2.75, 3.05) is 12.1 Å². The SMILES string of the molecule is CC(C)/C=C/NC(=O)Nc1ccc2c(c1)OCO2. The van der Waals surface area contributed by atoms with Crippen LogP contribution >= 0.6 is 0 Å². The number of hydrogen-bond acceptors (Lipinski definition) is 3. The summed E-state index contributed by atoms with van der Waals surface area (Å²) < 4.78 is 10.4. The number of rotatable bonds is 3. The molecule has 0 saturated carbocycles. The molecule has 0 radical (unpaired) electrons. The molecule has 0 spiro atoms. The number of carbonyl (C=O) groups is 1. The maximum Gasteiger partial charge on any atom is 0.323 e. The van der Waals surface area contributed by atoms with Gasteiger partial charge in [-0.2, -0.15) is 0 Å². The van der Waals surface area contributed by atoms with Crippen LogP contribution in [0.5, 0.6) is 11.5 Å². The minimum atomic E-state index is -0.286. The van der Waals surface area contributed by atoms with Gasteiger partial charge in [0.25, 0.3) is 0 Å². The third-order valence-corrected chi connectivity index (χ3v) is 2.33. The van der Waals surface area contributed by atoms with Gasteiger partial charge in [0.2, 0.25) is 6.79 Å². The lowest BCUT2D eigenvalue weighted by Crippen LogP contribution is -2.23. The van der Waals surface area contributed by atoms with Crippen LogP contribution in [-0.2, 0) is 0 Å². The predicted molar refractivity (Wildman–Crippen MR) is 68.7 cm³/mol. The molecule has 1 aromatic rings. The van der Waals surface area contributed by atoms with Crippen molar-refractivity contribution in [2.24, 2.45) is 5.92 Å². The van der Waals surface area contributed by atoms with Crippen molar-refractivity contribution < 1.29 is 14.3 Å². The summed E-state index contributed by atoms with van der Waals surface area (Å²) in [5.41, 5.74) is 0.662. The summed E-state index contributed by atoms with van der Waals surface area (Å²) in [5, 5.41) is 5.34. The van der Waals surface area contributed by atoms with Gasteiger partial charge in [-0.15, -0.1) is 0 Å². The molecule has 0 aliphatic carbocycles. The molecule has 1 aliphatic heterocycles. The molecule has 5 nitrogen and oxygen atoms in total. The average molecular weight is 248 g/mol. The average Bonchev–Trinajstić information content (AvgIpc) is 2.75. The Morgan fingerprint density at radius 3 is 2.89 bits per heavy atom. The minimum Gasteiger partial charge on any atom is -0.454 e. The molecule has 0 saturated heterocycles. The zero-order chi connectivity index (χ0) is 13.0. The van der Waals surface area contributed by atoms with Crippen molar-refractivity contribution in [2.45, 2.75) is 13.8 Å². The quantitative estimate of drug-likeness (QED) is 0.864. The fourth-order valence-electron chi connectivity index (χ4n) is 1.46. The summed E-state index contributed by atoms with van der Waals surface area (Å²) in [6.07, 6.45) is 3.53. The molecule has 96 valence electrons. The highest BCUT2D eigenvalue weighted by Crippen LogP contribution is 2.34. The molecule has 2 N–H and O–H groups in total. The monoisotopic (exact) mass is 248 g/mol. The van der Waals surface area contributed by atoms with E-state index >= 15 is 0 Å². The van der Waals surface area contributed by atoms with E-state index < -0.39 is 0 Å². The fraction of sp³-hybridized carbons (Fsp3) is 0.308. The molecule has 0 atom stereocenters. The number of benzene rings is 1. The minimum absolute atomic E-state index is 0.224. The van der Waals surface area contributed by atoms with Crippen molar-refractivity contribution in [1.82, 2.24) is 5.32 Å². The van der Waals surface area contributed by atoms with E-state index in [0.29, 0.717) is 23.1 Å². The van der Waals surface area contributed by atoms with Crippen LogP contribution in [-0.4, -0.2) is 12.8 Å². The summed E-state index contributed by atoms with van der Waals surface area (Å²) in [5.74, 6) is 1.74. The number of hydrogen-bond donors (Lipinski definition) is 2. The standard InChI is InChI=1S/C13H16N2O3/c1-9(2)5-6-14-13(16)15-10-3-4-11-12(7-10)18-8-17-11/h3-7,9H,8H2,1-2H3,(H2,14,15,16)/b6-5+. The van der Waals surface area contributed by atoms with Crippen LogP contribution in [0.1, 0.15) is 13.8 Å². The van der Waals surface area contributed by atoms with Gasteiger partial charge in [0.1, 0.15) is 0 Å². The molecule has 5 heteroatoms. The first-order chi connectivity index (χ1) is 8.65. The van der Waals surface area contributed by atoms with E-state index in [9.17, 15) is 4.79 Å². The van der Waals surface area contributed by atoms with Crippen LogP contribution in [0, 0.1) is 5.92 Å². The maximum atomic E-state index is 11.5. The van der Waals surface area contributed by atoms with E-state index in [0.717, 1.165) is 0 Å². The van der Waals surface area contributed by atoms with E-state index in [1.54, 1.807) is 24.4 Å². The molecule has 2 amide bonds. The van der Waals surface area contributed by atoms with E-state index in [2.05, 4.69) is 10.6 Å². The third-order valence-electron chi connectivity index (χ3n) is 2.33. The van der Waals surface area contributed by atoms with E-state index in [-0.39, 0.29) is 12.8 Å². The van der Waals surface area contributed by atoms with Crippen molar-refractivity contribution in [1.29, 1.82) is 0 Å². The Hall–Kier alpha value is -2.17. The second kappa shape index (κ2) is 5.44. The van der Waals surface area contributed by atoms with Gasteiger partial charge in [-0.3, -0.25) is 0 Å². The highest BCUT2D eigenvalue weighted by molar-refractivity contribution is 5.90. The summed E-state index contributed by atoms with van der Waals surface area (Å²) in [6.45, 7) is 4.30. The van der Waals surface area contributed by atoms with Gasteiger partial charge in [0.05, 0.1) is 0 Å². The smallest absolute Gasteiger partial charge is 0.323 e. The number of fused-ring (bicyclic) bond motifs is 1. The Kier molecular flexibility index (Phi) is 3.72. The maximum absolute atomic E-state index is 11.5. The van der Waals surface area contributed by atoms with Crippen LogP contribution in [0.3, 0.4) is 0 Å². The van der Waals surface area contributed by atoms with Gasteiger partial charge in [-0.25, -0.2) is 4.79 Å². The topological polar surface area (TPSA) is 59.6 Å². The van der Waals surface area contributed by atoms with Crippen LogP contribution in [0.4, 0.5) is 10.5 Å². The second-order valence-electron chi connectivity index (χ2n) is 4.27.